The van der Waals surface area contributed by atoms with Crippen LogP contribution in [0.25, 0.3) is 61.3 Å². The molecule has 59 heavy (non-hydrogen) atoms. The molecule has 0 aliphatic rings. The highest BCUT2D eigenvalue weighted by atomic mass is 16.5. The zero-order valence-electron chi connectivity index (χ0n) is 35.5. The SMILES string of the molecule is CC(C)(C)c1cc(-[n+]2[c-]n(-c3cc(Oc4cc(-c5ccccc5)c5c6ccccc6n(-c6cc(C(C)(C)C)ccn6)c5c4)ccn3)c3ccccc32)cc(C(C)(C)C)c1. The van der Waals surface area contributed by atoms with Crippen molar-refractivity contribution in [1.82, 2.24) is 19.1 Å². The standard InChI is InChI=1S/C53H51N5O/c1-51(2,3)36-23-25-55-49(30-36)58-44-20-14-13-19-42(44)50-43(35-17-11-10-12-18-35)31-41(32-47(50)58)59-40-24-26-54-48(33-40)57-34-56(45-21-15-16-22-46(45)57)39-28-37(52(4,5)6)27-38(29-39)53(7,8)9/h10-33H,1-9H3. The minimum atomic E-state index is -0.0352. The summed E-state index contributed by atoms with van der Waals surface area (Å²) in [6.07, 6.45) is 7.42. The number of aromatic nitrogens is 5. The maximum absolute atomic E-state index is 6.88. The van der Waals surface area contributed by atoms with E-state index in [1.54, 1.807) is 0 Å². The molecule has 9 rings (SSSR count). The van der Waals surface area contributed by atoms with E-state index < -0.39 is 0 Å². The van der Waals surface area contributed by atoms with Gasteiger partial charge in [0.05, 0.1) is 27.8 Å². The molecule has 6 nitrogen and oxygen atoms in total. The van der Waals surface area contributed by atoms with Crippen LogP contribution < -0.4 is 9.30 Å². The summed E-state index contributed by atoms with van der Waals surface area (Å²) in [7, 11) is 0. The van der Waals surface area contributed by atoms with Gasteiger partial charge >= 0.3 is 0 Å². The molecule has 0 bridgehead atoms. The third-order valence-corrected chi connectivity index (χ3v) is 11.3. The third kappa shape index (κ3) is 7.07. The van der Waals surface area contributed by atoms with Crippen molar-refractivity contribution in [1.29, 1.82) is 0 Å². The topological polar surface area (TPSA) is 48.8 Å². The van der Waals surface area contributed by atoms with E-state index in [4.69, 9.17) is 14.7 Å². The Morgan fingerprint density at radius 3 is 1.86 bits per heavy atom. The van der Waals surface area contributed by atoms with Crippen LogP contribution in [0.15, 0.2) is 146 Å². The Labute approximate surface area is 347 Å². The fraction of sp³-hybridized carbons (Fsp3) is 0.226. The van der Waals surface area contributed by atoms with Crippen molar-refractivity contribution in [3.63, 3.8) is 0 Å². The summed E-state index contributed by atoms with van der Waals surface area (Å²) in [6, 6.07) is 47.1. The molecule has 0 atom stereocenters. The highest BCUT2D eigenvalue weighted by Crippen LogP contribution is 2.42. The number of pyridine rings is 2. The number of rotatable bonds is 6. The molecule has 4 aromatic heterocycles. The molecule has 0 fully saturated rings. The lowest BCUT2D eigenvalue weighted by atomic mass is 9.80. The summed E-state index contributed by atoms with van der Waals surface area (Å²) in [5.41, 5.74) is 11.1. The molecule has 0 aliphatic carbocycles. The highest BCUT2D eigenvalue weighted by molar-refractivity contribution is 6.16. The van der Waals surface area contributed by atoms with Gasteiger partial charge in [-0.2, -0.15) is 0 Å². The lowest BCUT2D eigenvalue weighted by molar-refractivity contribution is -0.572. The molecule has 0 saturated heterocycles. The zero-order chi connectivity index (χ0) is 41.3. The van der Waals surface area contributed by atoms with Crippen LogP contribution in [-0.4, -0.2) is 19.1 Å². The van der Waals surface area contributed by atoms with Crippen molar-refractivity contribution in [2.75, 3.05) is 0 Å². The van der Waals surface area contributed by atoms with E-state index in [9.17, 15) is 0 Å². The van der Waals surface area contributed by atoms with Gasteiger partial charge in [0.2, 0.25) is 0 Å². The molecule has 9 aromatic rings. The molecule has 0 aliphatic heterocycles. The summed E-state index contributed by atoms with van der Waals surface area (Å²) in [4.78, 5) is 9.82. The van der Waals surface area contributed by atoms with Crippen molar-refractivity contribution in [3.05, 3.63) is 169 Å². The van der Waals surface area contributed by atoms with E-state index in [1.807, 2.05) is 29.1 Å². The van der Waals surface area contributed by atoms with Gasteiger partial charge in [-0.3, -0.25) is 18.7 Å². The lowest BCUT2D eigenvalue weighted by Crippen LogP contribution is -2.31. The number of para-hydroxylation sites is 3. The summed E-state index contributed by atoms with van der Waals surface area (Å²) < 4.78 is 13.4. The van der Waals surface area contributed by atoms with Crippen LogP contribution in [0.3, 0.4) is 0 Å². The van der Waals surface area contributed by atoms with E-state index in [0.29, 0.717) is 11.6 Å². The Morgan fingerprint density at radius 2 is 1.15 bits per heavy atom. The van der Waals surface area contributed by atoms with E-state index in [1.165, 1.54) is 16.7 Å². The molecule has 5 aromatic carbocycles. The molecule has 0 saturated carbocycles. The minimum Gasteiger partial charge on any atom is -0.458 e. The van der Waals surface area contributed by atoms with E-state index in [2.05, 4.69) is 199 Å². The number of hydrogen-bond donors (Lipinski definition) is 0. The highest BCUT2D eigenvalue weighted by Gasteiger charge is 2.24. The molecular weight excluding hydrogens is 723 g/mol. The Balaban J connectivity index is 1.19. The summed E-state index contributed by atoms with van der Waals surface area (Å²) in [6.45, 7) is 20.3. The predicted molar refractivity (Wildman–Crippen MR) is 242 cm³/mol. The average Bonchev–Trinajstić information content (AvgIpc) is 3.76. The van der Waals surface area contributed by atoms with E-state index in [-0.39, 0.29) is 16.2 Å². The molecule has 0 unspecified atom stereocenters. The fourth-order valence-corrected chi connectivity index (χ4v) is 7.98. The van der Waals surface area contributed by atoms with Gasteiger partial charge in [0.15, 0.2) is 5.82 Å². The lowest BCUT2D eigenvalue weighted by Gasteiger charge is -2.26. The third-order valence-electron chi connectivity index (χ3n) is 11.3. The number of ether oxygens (including phenoxy) is 1. The van der Waals surface area contributed by atoms with Crippen molar-refractivity contribution in [2.45, 2.75) is 78.6 Å². The maximum atomic E-state index is 6.88. The Kier molecular flexibility index (Phi) is 9.08. The summed E-state index contributed by atoms with van der Waals surface area (Å²) in [5, 5.41) is 2.31. The van der Waals surface area contributed by atoms with Crippen molar-refractivity contribution in [2.24, 2.45) is 0 Å². The minimum absolute atomic E-state index is 0.0209. The van der Waals surface area contributed by atoms with E-state index in [0.717, 1.165) is 61.2 Å². The zero-order valence-corrected chi connectivity index (χ0v) is 35.5. The summed E-state index contributed by atoms with van der Waals surface area (Å²) >= 11 is 0. The molecule has 0 radical (unpaired) electrons. The molecular formula is C53H51N5O. The van der Waals surface area contributed by atoms with Crippen LogP contribution in [-0.2, 0) is 16.2 Å². The average molecular weight is 774 g/mol. The first-order valence-corrected chi connectivity index (χ1v) is 20.5. The molecule has 0 spiro atoms. The van der Waals surface area contributed by atoms with Gasteiger partial charge in [0.1, 0.15) is 17.3 Å². The summed E-state index contributed by atoms with van der Waals surface area (Å²) in [5.74, 6) is 2.97. The second-order valence-electron chi connectivity index (χ2n) is 18.7. The quantitative estimate of drug-likeness (QED) is 0.125. The second kappa shape index (κ2) is 14.1. The van der Waals surface area contributed by atoms with Crippen LogP contribution in [0, 0.1) is 6.33 Å². The number of nitrogens with zero attached hydrogens (tertiary/aromatic N) is 5. The Hall–Kier alpha value is -6.53. The van der Waals surface area contributed by atoms with Gasteiger partial charge in [0, 0.05) is 35.3 Å². The van der Waals surface area contributed by atoms with Gasteiger partial charge in [-0.1, -0.05) is 141 Å². The van der Waals surface area contributed by atoms with Gasteiger partial charge in [0.25, 0.3) is 6.33 Å². The number of fused-ring (bicyclic) bond motifs is 4. The Bertz CT molecular complexity index is 2990. The molecule has 0 N–H and O–H groups in total. The predicted octanol–water partition coefficient (Wildman–Crippen LogP) is 12.9. The fourth-order valence-electron chi connectivity index (χ4n) is 7.98. The van der Waals surface area contributed by atoms with Gasteiger partial charge in [-0.15, -0.1) is 0 Å². The normalized spacial score (nSPS) is 12.5. The van der Waals surface area contributed by atoms with Crippen LogP contribution >= 0.6 is 0 Å². The first kappa shape index (κ1) is 38.0. The monoisotopic (exact) mass is 773 g/mol. The van der Waals surface area contributed by atoms with Gasteiger partial charge in [-0.25, -0.2) is 4.98 Å². The van der Waals surface area contributed by atoms with Crippen LogP contribution in [0.1, 0.15) is 79.0 Å². The molecule has 294 valence electrons. The smallest absolute Gasteiger partial charge is 0.271 e. The van der Waals surface area contributed by atoms with Crippen LogP contribution in [0.5, 0.6) is 11.5 Å². The second-order valence-corrected chi connectivity index (χ2v) is 18.7. The van der Waals surface area contributed by atoms with Crippen molar-refractivity contribution >= 4 is 32.8 Å². The number of benzene rings is 5. The Morgan fingerprint density at radius 1 is 0.525 bits per heavy atom. The molecule has 0 amide bonds. The first-order chi connectivity index (χ1) is 28.1. The van der Waals surface area contributed by atoms with Crippen molar-refractivity contribution in [3.8, 4) is 39.9 Å². The van der Waals surface area contributed by atoms with Gasteiger partial charge < -0.3 is 4.74 Å². The number of hydrogen-bond acceptors (Lipinski definition) is 3. The van der Waals surface area contributed by atoms with Crippen molar-refractivity contribution < 1.29 is 9.30 Å². The maximum Gasteiger partial charge on any atom is 0.271 e. The van der Waals surface area contributed by atoms with Crippen LogP contribution in [0.2, 0.25) is 0 Å². The van der Waals surface area contributed by atoms with E-state index >= 15 is 0 Å². The number of imidazole rings is 1. The van der Waals surface area contributed by atoms with Gasteiger partial charge in [-0.05, 0) is 86.5 Å². The van der Waals surface area contributed by atoms with Crippen LogP contribution in [0.4, 0.5) is 0 Å². The largest absolute Gasteiger partial charge is 0.458 e. The first-order valence-electron chi connectivity index (χ1n) is 20.5. The molecule has 6 heteroatoms. The molecule has 4 heterocycles.